The summed E-state index contributed by atoms with van der Waals surface area (Å²) in [6.07, 6.45) is 1.06. The normalized spacial score (nSPS) is 12.6. The summed E-state index contributed by atoms with van der Waals surface area (Å²) < 4.78 is 0. The van der Waals surface area contributed by atoms with E-state index < -0.39 is 6.10 Å². The van der Waals surface area contributed by atoms with E-state index in [2.05, 4.69) is 10.6 Å². The molecule has 0 heterocycles. The molecule has 1 atom stereocenters. The lowest BCUT2D eigenvalue weighted by Crippen LogP contribution is -2.35. The van der Waals surface area contributed by atoms with Crippen molar-refractivity contribution < 1.29 is 14.7 Å². The van der Waals surface area contributed by atoms with Crippen LogP contribution in [0.1, 0.15) is 61.3 Å². The first-order valence-electron chi connectivity index (χ1n) is 8.09. The van der Waals surface area contributed by atoms with Crippen molar-refractivity contribution in [2.24, 2.45) is 5.41 Å². The van der Waals surface area contributed by atoms with E-state index in [1.54, 1.807) is 31.2 Å². The molecule has 0 bridgehead atoms. The van der Waals surface area contributed by atoms with E-state index in [1.165, 1.54) is 0 Å². The summed E-state index contributed by atoms with van der Waals surface area (Å²) in [7, 11) is 0. The summed E-state index contributed by atoms with van der Waals surface area (Å²) >= 11 is 0. The van der Waals surface area contributed by atoms with Gasteiger partial charge in [0, 0.05) is 24.2 Å². The van der Waals surface area contributed by atoms with E-state index in [-0.39, 0.29) is 17.2 Å². The van der Waals surface area contributed by atoms with Crippen molar-refractivity contribution in [1.29, 1.82) is 0 Å². The Morgan fingerprint density at radius 3 is 2.26 bits per heavy atom. The SMILES string of the molecule is CCCNC(=O)c1cccc(C(=O)NCC(C)(C)CC(C)O)c1. The van der Waals surface area contributed by atoms with Gasteiger partial charge in [0.25, 0.3) is 11.8 Å². The van der Waals surface area contributed by atoms with Gasteiger partial charge in [-0.05, 0) is 43.4 Å². The smallest absolute Gasteiger partial charge is 0.251 e. The van der Waals surface area contributed by atoms with Crippen molar-refractivity contribution in [3.63, 3.8) is 0 Å². The molecule has 3 N–H and O–H groups in total. The van der Waals surface area contributed by atoms with Crippen LogP contribution >= 0.6 is 0 Å². The quantitative estimate of drug-likeness (QED) is 0.688. The van der Waals surface area contributed by atoms with Gasteiger partial charge in [0.1, 0.15) is 0 Å². The predicted molar refractivity (Wildman–Crippen MR) is 91.5 cm³/mol. The largest absolute Gasteiger partial charge is 0.393 e. The Morgan fingerprint density at radius 2 is 1.74 bits per heavy atom. The Balaban J connectivity index is 2.68. The van der Waals surface area contributed by atoms with E-state index in [4.69, 9.17) is 0 Å². The first-order valence-corrected chi connectivity index (χ1v) is 8.09. The summed E-state index contributed by atoms with van der Waals surface area (Å²) in [6.45, 7) is 8.79. The molecule has 0 radical (unpaired) electrons. The second-order valence-electron chi connectivity index (χ2n) is 6.74. The molecular weight excluding hydrogens is 292 g/mol. The maximum Gasteiger partial charge on any atom is 0.251 e. The van der Waals surface area contributed by atoms with Gasteiger partial charge in [-0.25, -0.2) is 0 Å². The molecular formula is C18H28N2O3. The molecule has 0 aliphatic heterocycles. The molecule has 128 valence electrons. The minimum Gasteiger partial charge on any atom is -0.393 e. The first kappa shape index (κ1) is 19.2. The number of nitrogens with one attached hydrogen (secondary N) is 2. The summed E-state index contributed by atoms with van der Waals surface area (Å²) in [4.78, 5) is 24.2. The van der Waals surface area contributed by atoms with Crippen LogP contribution in [0.5, 0.6) is 0 Å². The highest BCUT2D eigenvalue weighted by Crippen LogP contribution is 2.21. The molecule has 1 rings (SSSR count). The zero-order valence-corrected chi connectivity index (χ0v) is 14.5. The molecule has 0 aliphatic rings. The van der Waals surface area contributed by atoms with Crippen molar-refractivity contribution in [1.82, 2.24) is 10.6 Å². The third-order valence-electron chi connectivity index (χ3n) is 3.50. The van der Waals surface area contributed by atoms with Gasteiger partial charge in [0.05, 0.1) is 6.10 Å². The Hall–Kier alpha value is -1.88. The maximum atomic E-state index is 12.3. The lowest BCUT2D eigenvalue weighted by Gasteiger charge is -2.26. The number of aliphatic hydroxyl groups is 1. The van der Waals surface area contributed by atoms with Crippen LogP contribution in [0.4, 0.5) is 0 Å². The molecule has 2 amide bonds. The summed E-state index contributed by atoms with van der Waals surface area (Å²) in [5, 5.41) is 15.1. The zero-order chi connectivity index (χ0) is 17.5. The van der Waals surface area contributed by atoms with E-state index in [0.717, 1.165) is 6.42 Å². The van der Waals surface area contributed by atoms with Crippen molar-refractivity contribution >= 4 is 11.8 Å². The van der Waals surface area contributed by atoms with Gasteiger partial charge in [0.15, 0.2) is 0 Å². The Labute approximate surface area is 138 Å². The van der Waals surface area contributed by atoms with Gasteiger partial charge in [-0.1, -0.05) is 26.8 Å². The number of benzene rings is 1. The number of hydrogen-bond acceptors (Lipinski definition) is 3. The lowest BCUT2D eigenvalue weighted by molar-refractivity contribution is 0.0902. The van der Waals surface area contributed by atoms with E-state index in [1.807, 2.05) is 20.8 Å². The fourth-order valence-electron chi connectivity index (χ4n) is 2.44. The molecule has 1 aromatic rings. The van der Waals surface area contributed by atoms with Crippen molar-refractivity contribution in [2.75, 3.05) is 13.1 Å². The second-order valence-corrected chi connectivity index (χ2v) is 6.74. The van der Waals surface area contributed by atoms with Crippen molar-refractivity contribution in [3.05, 3.63) is 35.4 Å². The molecule has 0 saturated carbocycles. The average Bonchev–Trinajstić information content (AvgIpc) is 2.49. The highest BCUT2D eigenvalue weighted by atomic mass is 16.3. The minimum atomic E-state index is -0.410. The van der Waals surface area contributed by atoms with Gasteiger partial charge >= 0.3 is 0 Å². The number of rotatable bonds is 8. The number of amides is 2. The molecule has 5 nitrogen and oxygen atoms in total. The van der Waals surface area contributed by atoms with E-state index >= 15 is 0 Å². The topological polar surface area (TPSA) is 78.4 Å². The molecule has 0 spiro atoms. The summed E-state index contributed by atoms with van der Waals surface area (Å²) in [5.74, 6) is -0.384. The van der Waals surface area contributed by atoms with E-state index in [0.29, 0.717) is 30.6 Å². The average molecular weight is 320 g/mol. The highest BCUT2D eigenvalue weighted by molar-refractivity contribution is 5.99. The third kappa shape index (κ3) is 6.82. The third-order valence-corrected chi connectivity index (χ3v) is 3.50. The van der Waals surface area contributed by atoms with Crippen molar-refractivity contribution in [2.45, 2.75) is 46.6 Å². The van der Waals surface area contributed by atoms with Gasteiger partial charge < -0.3 is 15.7 Å². The first-order chi connectivity index (χ1) is 10.7. The fraction of sp³-hybridized carbons (Fsp3) is 0.556. The number of aliphatic hydroxyl groups excluding tert-OH is 1. The molecule has 0 saturated heterocycles. The monoisotopic (exact) mass is 320 g/mol. The Kier molecular flexibility index (Phi) is 7.23. The van der Waals surface area contributed by atoms with Crippen LogP contribution in [0.3, 0.4) is 0 Å². The Morgan fingerprint density at radius 1 is 1.17 bits per heavy atom. The van der Waals surface area contributed by atoms with Crippen LogP contribution in [0, 0.1) is 5.41 Å². The van der Waals surface area contributed by atoms with Crippen LogP contribution in [-0.4, -0.2) is 36.1 Å². The lowest BCUT2D eigenvalue weighted by atomic mass is 9.87. The van der Waals surface area contributed by atoms with Gasteiger partial charge in [-0.3, -0.25) is 9.59 Å². The van der Waals surface area contributed by atoms with Crippen LogP contribution in [0.15, 0.2) is 24.3 Å². The van der Waals surface area contributed by atoms with Crippen LogP contribution in [0.25, 0.3) is 0 Å². The molecule has 0 fully saturated rings. The van der Waals surface area contributed by atoms with Crippen LogP contribution in [0.2, 0.25) is 0 Å². The van der Waals surface area contributed by atoms with Crippen LogP contribution in [-0.2, 0) is 0 Å². The molecule has 1 unspecified atom stereocenters. The second kappa shape index (κ2) is 8.67. The number of carbonyl (C=O) groups excluding carboxylic acids is 2. The van der Waals surface area contributed by atoms with Crippen molar-refractivity contribution in [3.8, 4) is 0 Å². The molecule has 0 aliphatic carbocycles. The molecule has 1 aromatic carbocycles. The van der Waals surface area contributed by atoms with Gasteiger partial charge in [0.2, 0.25) is 0 Å². The minimum absolute atomic E-state index is 0.170. The number of hydrogen-bond donors (Lipinski definition) is 3. The summed E-state index contributed by atoms with van der Waals surface area (Å²) in [6, 6.07) is 6.69. The van der Waals surface area contributed by atoms with Crippen LogP contribution < -0.4 is 10.6 Å². The van der Waals surface area contributed by atoms with Gasteiger partial charge in [-0.2, -0.15) is 0 Å². The summed E-state index contributed by atoms with van der Waals surface area (Å²) in [5.41, 5.74) is 0.747. The Bertz CT molecular complexity index is 539. The molecule has 23 heavy (non-hydrogen) atoms. The van der Waals surface area contributed by atoms with E-state index in [9.17, 15) is 14.7 Å². The molecule has 5 heteroatoms. The standard InChI is InChI=1S/C18H28N2O3/c1-5-9-19-16(22)14-7-6-8-15(10-14)17(23)20-12-18(3,4)11-13(2)21/h6-8,10,13,21H,5,9,11-12H2,1-4H3,(H,19,22)(H,20,23). The van der Waals surface area contributed by atoms with Gasteiger partial charge in [-0.15, -0.1) is 0 Å². The maximum absolute atomic E-state index is 12.3. The number of carbonyl (C=O) groups is 2. The molecule has 0 aromatic heterocycles. The predicted octanol–water partition coefficient (Wildman–Crippen LogP) is 2.35. The fourth-order valence-corrected chi connectivity index (χ4v) is 2.44. The zero-order valence-electron chi connectivity index (χ0n) is 14.5. The highest BCUT2D eigenvalue weighted by Gasteiger charge is 2.21.